The third kappa shape index (κ3) is 2.18. The molecule has 1 aromatic rings. The first kappa shape index (κ1) is 7.77. The van der Waals surface area contributed by atoms with Crippen LogP contribution in [0.2, 0.25) is 0 Å². The molecule has 0 fully saturated rings. The zero-order valence-electron chi connectivity index (χ0n) is 4.53. The van der Waals surface area contributed by atoms with Crippen LogP contribution in [0.1, 0.15) is 5.56 Å². The molecule has 2 heteroatoms. The molecular formula is C6H6NRu. The van der Waals surface area contributed by atoms with E-state index in [1.807, 2.05) is 13.0 Å². The second kappa shape index (κ2) is 3.74. The predicted molar refractivity (Wildman–Crippen MR) is 27.8 cm³/mol. The molecule has 0 aliphatic carbocycles. The van der Waals surface area contributed by atoms with Crippen LogP contribution in [-0.4, -0.2) is 4.98 Å². The summed E-state index contributed by atoms with van der Waals surface area (Å²) in [5.41, 5.74) is 1.18. The number of rotatable bonds is 0. The van der Waals surface area contributed by atoms with Crippen LogP contribution in [0, 0.1) is 13.1 Å². The molecule has 0 aliphatic rings. The minimum atomic E-state index is 0. The van der Waals surface area contributed by atoms with E-state index in [-0.39, 0.29) is 19.5 Å². The van der Waals surface area contributed by atoms with Crippen LogP contribution in [0.5, 0.6) is 0 Å². The van der Waals surface area contributed by atoms with Gasteiger partial charge in [0.25, 0.3) is 0 Å². The molecule has 0 spiro atoms. The van der Waals surface area contributed by atoms with Gasteiger partial charge in [-0.05, 0) is 0 Å². The summed E-state index contributed by atoms with van der Waals surface area (Å²) in [6, 6.07) is 3.77. The van der Waals surface area contributed by atoms with Gasteiger partial charge < -0.3 is 4.98 Å². The average Bonchev–Trinajstić information content (AvgIpc) is 1.69. The maximum absolute atomic E-state index is 3.76. The Labute approximate surface area is 61.9 Å². The number of aromatic nitrogens is 1. The number of pyridine rings is 1. The van der Waals surface area contributed by atoms with Crippen molar-refractivity contribution in [2.75, 3.05) is 0 Å². The Kier molecular flexibility index (Phi) is 3.63. The predicted octanol–water partition coefficient (Wildman–Crippen LogP) is 1.19. The first-order valence-electron chi connectivity index (χ1n) is 2.18. The van der Waals surface area contributed by atoms with E-state index in [0.29, 0.717) is 0 Å². The van der Waals surface area contributed by atoms with E-state index < -0.39 is 0 Å². The second-order valence-corrected chi connectivity index (χ2v) is 1.46. The fourth-order valence-corrected chi connectivity index (χ4v) is 0.394. The molecule has 0 amide bonds. The van der Waals surface area contributed by atoms with Crippen LogP contribution in [-0.2, 0) is 19.5 Å². The zero-order valence-corrected chi connectivity index (χ0v) is 6.27. The molecule has 0 N–H and O–H groups in total. The molecule has 1 radical (unpaired) electrons. The van der Waals surface area contributed by atoms with Gasteiger partial charge in [-0.2, -0.15) is 12.1 Å². The summed E-state index contributed by atoms with van der Waals surface area (Å²) in [6.07, 6.45) is 4.46. The van der Waals surface area contributed by atoms with Crippen molar-refractivity contribution in [1.82, 2.24) is 4.98 Å². The van der Waals surface area contributed by atoms with Crippen LogP contribution in [0.3, 0.4) is 0 Å². The number of nitrogens with zero attached hydrogens (tertiary/aromatic N) is 1. The Morgan fingerprint density at radius 3 is 2.62 bits per heavy atom. The maximum atomic E-state index is 3.76. The van der Waals surface area contributed by atoms with Crippen molar-refractivity contribution in [1.29, 1.82) is 0 Å². The quantitative estimate of drug-likeness (QED) is 0.445. The van der Waals surface area contributed by atoms with Gasteiger partial charge in [-0.1, -0.05) is 19.3 Å². The Bertz CT molecular complexity index is 138. The van der Waals surface area contributed by atoms with Gasteiger partial charge in [-0.3, -0.25) is 0 Å². The minimum absolute atomic E-state index is 0. The van der Waals surface area contributed by atoms with Gasteiger partial charge in [0, 0.05) is 0 Å². The molecule has 0 saturated carbocycles. The normalized spacial score (nSPS) is 7.62. The van der Waals surface area contributed by atoms with Gasteiger partial charge in [-0.15, -0.1) is 5.56 Å². The van der Waals surface area contributed by atoms with Gasteiger partial charge >= 0.3 is 19.5 Å². The second-order valence-electron chi connectivity index (χ2n) is 1.46. The number of aryl methyl sites for hydroxylation is 1. The smallest absolute Gasteiger partial charge is 0.394 e. The summed E-state index contributed by atoms with van der Waals surface area (Å²) >= 11 is 0. The third-order valence-corrected chi connectivity index (χ3v) is 0.763. The number of hydrogen-bond acceptors (Lipinski definition) is 1. The molecular weight excluding hydrogens is 187 g/mol. The van der Waals surface area contributed by atoms with Gasteiger partial charge in [0.1, 0.15) is 0 Å². The zero-order chi connectivity index (χ0) is 5.11. The van der Waals surface area contributed by atoms with Crippen molar-refractivity contribution in [3.05, 3.63) is 30.1 Å². The van der Waals surface area contributed by atoms with E-state index in [0.717, 1.165) is 0 Å². The first-order chi connectivity index (χ1) is 3.39. The minimum Gasteiger partial charge on any atom is -0.394 e. The van der Waals surface area contributed by atoms with Crippen molar-refractivity contribution >= 4 is 0 Å². The maximum Gasteiger partial charge on any atom is 1.00 e. The van der Waals surface area contributed by atoms with E-state index in [4.69, 9.17) is 0 Å². The van der Waals surface area contributed by atoms with Crippen molar-refractivity contribution in [2.24, 2.45) is 0 Å². The summed E-state index contributed by atoms with van der Waals surface area (Å²) in [4.78, 5) is 3.76. The molecule has 0 aromatic carbocycles. The molecule has 0 atom stereocenters. The molecule has 1 heterocycles. The summed E-state index contributed by atoms with van der Waals surface area (Å²) < 4.78 is 0. The van der Waals surface area contributed by atoms with Crippen molar-refractivity contribution in [3.8, 4) is 0 Å². The van der Waals surface area contributed by atoms with Crippen LogP contribution >= 0.6 is 0 Å². The molecule has 8 heavy (non-hydrogen) atoms. The molecule has 0 bridgehead atoms. The van der Waals surface area contributed by atoms with Crippen molar-refractivity contribution < 1.29 is 19.5 Å². The van der Waals surface area contributed by atoms with E-state index in [9.17, 15) is 0 Å². The van der Waals surface area contributed by atoms with Crippen LogP contribution in [0.25, 0.3) is 0 Å². The fraction of sp³-hybridized carbons (Fsp3) is 0.167. The topological polar surface area (TPSA) is 12.9 Å². The SMILES string of the molecule is Cc1cc[c-]nc1.[Ru+]. The van der Waals surface area contributed by atoms with Crippen LogP contribution in [0.15, 0.2) is 18.3 Å². The standard InChI is InChI=1S/C6H6N.Ru/c1-6-3-2-4-7-5-6;/h2-3,5H,1H3;/q-1;+1. The molecule has 0 saturated heterocycles. The monoisotopic (exact) mass is 194 g/mol. The van der Waals surface area contributed by atoms with Crippen molar-refractivity contribution in [3.63, 3.8) is 0 Å². The van der Waals surface area contributed by atoms with E-state index >= 15 is 0 Å². The van der Waals surface area contributed by atoms with E-state index in [2.05, 4.69) is 11.2 Å². The Hall–Kier alpha value is -0.227. The van der Waals surface area contributed by atoms with E-state index in [1.54, 1.807) is 12.3 Å². The molecule has 1 nitrogen and oxygen atoms in total. The van der Waals surface area contributed by atoms with Gasteiger partial charge in [0.2, 0.25) is 0 Å². The summed E-state index contributed by atoms with van der Waals surface area (Å²) in [5, 5.41) is 0. The van der Waals surface area contributed by atoms with Crippen LogP contribution < -0.4 is 0 Å². The Morgan fingerprint density at radius 1 is 1.62 bits per heavy atom. The average molecular weight is 193 g/mol. The third-order valence-electron chi connectivity index (χ3n) is 0.763. The first-order valence-corrected chi connectivity index (χ1v) is 2.18. The molecule has 1 rings (SSSR count). The molecule has 43 valence electrons. The van der Waals surface area contributed by atoms with Gasteiger partial charge in [-0.25, -0.2) is 0 Å². The Morgan fingerprint density at radius 2 is 2.38 bits per heavy atom. The van der Waals surface area contributed by atoms with Gasteiger partial charge in [0.05, 0.1) is 0 Å². The molecule has 0 aliphatic heterocycles. The summed E-state index contributed by atoms with van der Waals surface area (Å²) in [6.45, 7) is 2.00. The Balaban J connectivity index is 0.000000490. The number of hydrogen-bond donors (Lipinski definition) is 0. The van der Waals surface area contributed by atoms with Crippen LogP contribution in [0.4, 0.5) is 0 Å². The fourth-order valence-electron chi connectivity index (χ4n) is 0.394. The largest absolute Gasteiger partial charge is 1.00 e. The molecule has 1 aromatic heterocycles. The van der Waals surface area contributed by atoms with Gasteiger partial charge in [0.15, 0.2) is 0 Å². The summed E-state index contributed by atoms with van der Waals surface area (Å²) in [7, 11) is 0. The summed E-state index contributed by atoms with van der Waals surface area (Å²) in [5.74, 6) is 0. The van der Waals surface area contributed by atoms with E-state index in [1.165, 1.54) is 5.56 Å². The van der Waals surface area contributed by atoms with Crippen molar-refractivity contribution in [2.45, 2.75) is 6.92 Å². The molecule has 0 unspecified atom stereocenters.